The molecule has 3 aliphatic heterocycles. The summed E-state index contributed by atoms with van der Waals surface area (Å²) >= 11 is 17.3. The molecule has 6 heterocycles. The SMILES string of the molecule is CN(C)C(=O)C1CCN(c2nc(Cl)nc3cc(F)ccc23)CC1.CN(C)C(=O)C1CCN(c2nc(N[C@H]3CCN(C(=O)Cc4ccc(OC(F)(F)F)cc4)C3)nc3cc(F)ccc23)CC1.Cl.Fc1ccc2c(Cl)nc(Cl)nc2c1. The summed E-state index contributed by atoms with van der Waals surface area (Å²) in [5.41, 5.74) is 1.93. The summed E-state index contributed by atoms with van der Waals surface area (Å²) in [4.78, 5) is 71.8. The molecular weight excluding hydrogens is 1120 g/mol. The van der Waals surface area contributed by atoms with Crippen molar-refractivity contribution >= 4 is 115 Å². The monoisotopic (exact) mass is 1180 g/mol. The van der Waals surface area contributed by atoms with Crippen molar-refractivity contribution < 1.29 is 45.5 Å². The fraction of sp³-hybridized carbons (Fsp3) is 0.377. The van der Waals surface area contributed by atoms with Crippen LogP contribution in [0.3, 0.4) is 0 Å². The minimum absolute atomic E-state index is 0. The quantitative estimate of drug-likeness (QED) is 0.0825. The van der Waals surface area contributed by atoms with E-state index in [-0.39, 0.29) is 87.5 Å². The van der Waals surface area contributed by atoms with Crippen molar-refractivity contribution in [2.24, 2.45) is 11.8 Å². The third-order valence-electron chi connectivity index (χ3n) is 13.4. The van der Waals surface area contributed by atoms with E-state index >= 15 is 0 Å². The molecular formula is C53H54Cl4F6N12O4. The second-order valence-electron chi connectivity index (χ2n) is 19.3. The van der Waals surface area contributed by atoms with Gasteiger partial charge in [0.25, 0.3) is 0 Å². The fourth-order valence-corrected chi connectivity index (χ4v) is 10.1. The molecule has 7 aromatic rings. The number of ether oxygens (including phenoxy) is 1. The van der Waals surface area contributed by atoms with E-state index < -0.39 is 12.2 Å². The average molecular weight is 1180 g/mol. The summed E-state index contributed by atoms with van der Waals surface area (Å²) in [5, 5.41) is 5.73. The zero-order valence-electron chi connectivity index (χ0n) is 43.1. The molecule has 79 heavy (non-hydrogen) atoms. The van der Waals surface area contributed by atoms with Gasteiger partial charge in [0.1, 0.15) is 40.0 Å². The molecule has 420 valence electrons. The Morgan fingerprint density at radius 2 is 1.06 bits per heavy atom. The largest absolute Gasteiger partial charge is 0.573 e. The number of nitrogens with one attached hydrogen (secondary N) is 1. The van der Waals surface area contributed by atoms with E-state index in [4.69, 9.17) is 39.8 Å². The lowest BCUT2D eigenvalue weighted by Gasteiger charge is -2.34. The molecule has 3 fully saturated rings. The second-order valence-corrected chi connectivity index (χ2v) is 20.3. The Labute approximate surface area is 471 Å². The van der Waals surface area contributed by atoms with Gasteiger partial charge >= 0.3 is 6.36 Å². The van der Waals surface area contributed by atoms with Gasteiger partial charge in [-0.3, -0.25) is 14.4 Å². The van der Waals surface area contributed by atoms with E-state index in [9.17, 15) is 40.7 Å². The van der Waals surface area contributed by atoms with E-state index in [1.165, 1.54) is 66.7 Å². The number of halogens is 10. The van der Waals surface area contributed by atoms with Gasteiger partial charge in [0.2, 0.25) is 34.2 Å². The number of rotatable bonds is 9. The molecule has 0 radical (unpaired) electrons. The molecule has 4 aromatic carbocycles. The van der Waals surface area contributed by atoms with Crippen LogP contribution in [-0.4, -0.2) is 142 Å². The Balaban J connectivity index is 0.000000202. The minimum atomic E-state index is -4.78. The number of aromatic nitrogens is 6. The van der Waals surface area contributed by atoms with Crippen LogP contribution in [0.2, 0.25) is 15.7 Å². The third kappa shape index (κ3) is 15.5. The normalized spacial score (nSPS) is 15.9. The smallest absolute Gasteiger partial charge is 0.406 e. The van der Waals surface area contributed by atoms with Crippen LogP contribution in [-0.2, 0) is 20.8 Å². The number of hydrogen-bond acceptors (Lipinski definition) is 13. The van der Waals surface area contributed by atoms with Crippen molar-refractivity contribution in [1.82, 2.24) is 44.6 Å². The predicted molar refractivity (Wildman–Crippen MR) is 293 cm³/mol. The number of carbonyl (C=O) groups excluding carboxylic acids is 3. The van der Waals surface area contributed by atoms with Gasteiger partial charge in [-0.25, -0.2) is 33.1 Å². The second kappa shape index (κ2) is 26.0. The highest BCUT2D eigenvalue weighted by atomic mass is 35.5. The molecule has 0 unspecified atom stereocenters. The first-order valence-corrected chi connectivity index (χ1v) is 25.9. The highest BCUT2D eigenvalue weighted by Gasteiger charge is 2.33. The van der Waals surface area contributed by atoms with Crippen molar-refractivity contribution in [1.29, 1.82) is 0 Å². The third-order valence-corrected chi connectivity index (χ3v) is 14.0. The summed E-state index contributed by atoms with van der Waals surface area (Å²) < 4.78 is 81.4. The van der Waals surface area contributed by atoms with Crippen LogP contribution in [0.5, 0.6) is 5.75 Å². The molecule has 16 nitrogen and oxygen atoms in total. The maximum absolute atomic E-state index is 14.1. The lowest BCUT2D eigenvalue weighted by Crippen LogP contribution is -2.40. The van der Waals surface area contributed by atoms with E-state index in [2.05, 4.69) is 44.8 Å². The fourth-order valence-electron chi connectivity index (χ4n) is 9.52. The first-order valence-electron chi connectivity index (χ1n) is 24.8. The zero-order valence-corrected chi connectivity index (χ0v) is 46.2. The number of hydrogen-bond donors (Lipinski definition) is 1. The number of alkyl halides is 3. The maximum Gasteiger partial charge on any atom is 0.573 e. The van der Waals surface area contributed by atoms with E-state index in [1.807, 2.05) is 0 Å². The van der Waals surface area contributed by atoms with Crippen molar-refractivity contribution in [2.45, 2.75) is 50.9 Å². The Kier molecular flexibility index (Phi) is 19.7. The van der Waals surface area contributed by atoms with Gasteiger partial charge in [-0.15, -0.1) is 25.6 Å². The summed E-state index contributed by atoms with van der Waals surface area (Å²) in [6.45, 7) is 3.57. The average Bonchev–Trinajstić information content (AvgIpc) is 3.90. The molecule has 0 spiro atoms. The molecule has 10 rings (SSSR count). The van der Waals surface area contributed by atoms with Gasteiger partial charge in [0, 0.05) is 120 Å². The summed E-state index contributed by atoms with van der Waals surface area (Å²) in [7, 11) is 7.07. The topological polar surface area (TPSA) is 166 Å². The van der Waals surface area contributed by atoms with Crippen molar-refractivity contribution in [2.75, 3.05) is 82.6 Å². The molecule has 0 aliphatic carbocycles. The number of amides is 3. The number of carbonyl (C=O) groups is 3. The predicted octanol–water partition coefficient (Wildman–Crippen LogP) is 10.5. The van der Waals surface area contributed by atoms with E-state index in [1.54, 1.807) is 55.0 Å². The van der Waals surface area contributed by atoms with E-state index in [0.29, 0.717) is 109 Å². The molecule has 0 saturated carbocycles. The molecule has 3 aromatic heterocycles. The molecule has 3 aliphatic rings. The summed E-state index contributed by atoms with van der Waals surface area (Å²) in [6, 6.07) is 18.0. The van der Waals surface area contributed by atoms with Crippen LogP contribution in [0.25, 0.3) is 32.7 Å². The van der Waals surface area contributed by atoms with Gasteiger partial charge in [0.05, 0.1) is 23.0 Å². The van der Waals surface area contributed by atoms with Gasteiger partial charge in [0.15, 0.2) is 0 Å². The lowest BCUT2D eigenvalue weighted by molar-refractivity contribution is -0.274. The van der Waals surface area contributed by atoms with Crippen molar-refractivity contribution in [3.05, 3.63) is 118 Å². The molecule has 0 bridgehead atoms. The Morgan fingerprint density at radius 3 is 1.56 bits per heavy atom. The molecule has 3 saturated heterocycles. The Morgan fingerprint density at radius 1 is 0.608 bits per heavy atom. The number of fused-ring (bicyclic) bond motifs is 3. The van der Waals surface area contributed by atoms with Crippen molar-refractivity contribution in [3.8, 4) is 5.75 Å². The van der Waals surface area contributed by atoms with Crippen LogP contribution in [0.1, 0.15) is 37.7 Å². The van der Waals surface area contributed by atoms with E-state index in [0.717, 1.165) is 18.2 Å². The standard InChI is InChI=1S/C29H32F4N6O3.C16H18ClFN4O.C8H3Cl2FN2.ClH/c1-37(2)27(41)19-9-12-38(13-10-19)26-23-8-5-20(30)16-24(23)35-28(36-26)34-21-11-14-39(17-21)25(40)15-18-3-6-22(7-4-18)42-29(31,32)33;1-21(2)15(23)10-5-7-22(8-6-10)14-12-4-3-11(18)9-13(12)19-16(17)20-14;9-7-5-2-1-4(11)3-6(5)12-8(10)13-7;/h3-8,16,19,21H,9-15,17H2,1-2H3,(H,34,35,36);3-4,9-10H,5-8H2,1-2H3;1-3H;1H/t21-;;;/m0.../s1. The highest BCUT2D eigenvalue weighted by molar-refractivity contribution is 6.35. The number of piperidine rings is 2. The molecule has 26 heteroatoms. The number of benzene rings is 4. The zero-order chi connectivity index (χ0) is 56.0. The summed E-state index contributed by atoms with van der Waals surface area (Å²) in [5.74, 6) is 0.334. The minimum Gasteiger partial charge on any atom is -0.406 e. The van der Waals surface area contributed by atoms with Crippen LogP contribution in [0, 0.1) is 29.3 Å². The maximum atomic E-state index is 14.1. The first kappa shape index (κ1) is 59.9. The molecule has 1 N–H and O–H groups in total. The summed E-state index contributed by atoms with van der Waals surface area (Å²) in [6.07, 6.45) is -1.19. The molecule has 1 atom stereocenters. The van der Waals surface area contributed by atoms with Crippen LogP contribution >= 0.6 is 47.2 Å². The lowest BCUT2D eigenvalue weighted by atomic mass is 9.95. The number of anilines is 3. The first-order chi connectivity index (χ1) is 37.1. The van der Waals surface area contributed by atoms with Crippen molar-refractivity contribution in [3.63, 3.8) is 0 Å². The molecule has 3 amide bonds. The van der Waals surface area contributed by atoms with Crippen LogP contribution < -0.4 is 19.9 Å². The number of likely N-dealkylation sites (tertiary alicyclic amines) is 1. The van der Waals surface area contributed by atoms with Gasteiger partial charge in [-0.1, -0.05) is 23.7 Å². The number of nitrogens with zero attached hydrogens (tertiary/aromatic N) is 11. The Hall–Kier alpha value is -6.75. The Bertz CT molecular complexity index is 3310. The van der Waals surface area contributed by atoms with Gasteiger partial charge in [-0.2, -0.15) is 9.97 Å². The van der Waals surface area contributed by atoms with Gasteiger partial charge in [-0.05, 0) is 109 Å². The van der Waals surface area contributed by atoms with Crippen LogP contribution in [0.4, 0.5) is 43.9 Å². The highest BCUT2D eigenvalue weighted by Crippen LogP contribution is 2.33. The van der Waals surface area contributed by atoms with Crippen LogP contribution in [0.15, 0.2) is 78.9 Å². The van der Waals surface area contributed by atoms with Gasteiger partial charge < -0.3 is 34.6 Å².